The summed E-state index contributed by atoms with van der Waals surface area (Å²) in [5.74, 6) is 1.08. The lowest BCUT2D eigenvalue weighted by Gasteiger charge is -2.27. The molecule has 2 aromatic carbocycles. The summed E-state index contributed by atoms with van der Waals surface area (Å²) in [5.41, 5.74) is 1.36. The van der Waals surface area contributed by atoms with Crippen LogP contribution >= 0.6 is 0 Å². The van der Waals surface area contributed by atoms with E-state index < -0.39 is 6.04 Å². The number of hydrogen-bond acceptors (Lipinski definition) is 6. The monoisotopic (exact) mass is 450 g/mol. The third kappa shape index (κ3) is 4.20. The molecule has 0 radical (unpaired) electrons. The van der Waals surface area contributed by atoms with E-state index in [0.717, 1.165) is 31.6 Å². The largest absolute Gasteiger partial charge is 0.497 e. The predicted molar refractivity (Wildman–Crippen MR) is 127 cm³/mol. The zero-order chi connectivity index (χ0) is 23.5. The van der Waals surface area contributed by atoms with Crippen LogP contribution in [0.25, 0.3) is 11.0 Å². The van der Waals surface area contributed by atoms with Crippen LogP contribution in [0.5, 0.6) is 11.5 Å². The Morgan fingerprint density at radius 2 is 1.73 bits per heavy atom. The lowest BCUT2D eigenvalue weighted by atomic mass is 9.98. The number of carbonyl (C=O) groups excluding carboxylic acids is 1. The number of ether oxygens (including phenoxy) is 2. The number of nitrogens with zero attached hydrogens (tertiary/aromatic N) is 2. The SMILES string of the molecule is CCN(CC)CCCN1C(=O)c2oc3cc(OC)ccc3c(=O)c2C1c1cccc(OC)c1. The van der Waals surface area contributed by atoms with Crippen LogP contribution in [0, 0.1) is 0 Å². The van der Waals surface area contributed by atoms with Crippen LogP contribution in [-0.4, -0.2) is 56.1 Å². The van der Waals surface area contributed by atoms with Gasteiger partial charge in [-0.1, -0.05) is 26.0 Å². The quantitative estimate of drug-likeness (QED) is 0.489. The van der Waals surface area contributed by atoms with E-state index in [1.807, 2.05) is 24.3 Å². The zero-order valence-corrected chi connectivity index (χ0v) is 19.6. The number of methoxy groups -OCH3 is 2. The number of fused-ring (bicyclic) bond motifs is 2. The Morgan fingerprint density at radius 1 is 1.00 bits per heavy atom. The maximum atomic E-state index is 13.6. The van der Waals surface area contributed by atoms with Crippen molar-refractivity contribution in [1.82, 2.24) is 9.80 Å². The Labute approximate surface area is 193 Å². The molecule has 4 rings (SSSR count). The fourth-order valence-electron chi connectivity index (χ4n) is 4.52. The van der Waals surface area contributed by atoms with Crippen LogP contribution in [0.15, 0.2) is 51.7 Å². The van der Waals surface area contributed by atoms with Crippen LogP contribution in [0.1, 0.15) is 48.0 Å². The number of rotatable bonds is 9. The van der Waals surface area contributed by atoms with Gasteiger partial charge in [0.15, 0.2) is 5.43 Å². The molecule has 0 aliphatic carbocycles. The van der Waals surface area contributed by atoms with Crippen LogP contribution < -0.4 is 14.9 Å². The second kappa shape index (κ2) is 9.67. The zero-order valence-electron chi connectivity index (χ0n) is 19.6. The van der Waals surface area contributed by atoms with Gasteiger partial charge in [0.25, 0.3) is 5.91 Å². The molecular formula is C26H30N2O5. The molecule has 0 saturated heterocycles. The van der Waals surface area contributed by atoms with E-state index in [1.165, 1.54) is 0 Å². The molecule has 174 valence electrons. The molecular weight excluding hydrogens is 420 g/mol. The molecule has 0 bridgehead atoms. The number of benzene rings is 2. The molecule has 7 heteroatoms. The molecule has 1 atom stereocenters. The first kappa shape index (κ1) is 22.9. The molecule has 1 amide bonds. The lowest BCUT2D eigenvalue weighted by molar-refractivity contribution is 0.0720. The van der Waals surface area contributed by atoms with Crippen LogP contribution in [-0.2, 0) is 0 Å². The summed E-state index contributed by atoms with van der Waals surface area (Å²) in [7, 11) is 3.15. The third-order valence-electron chi connectivity index (χ3n) is 6.35. The predicted octanol–water partition coefficient (Wildman–Crippen LogP) is 4.09. The van der Waals surface area contributed by atoms with Crippen molar-refractivity contribution in [1.29, 1.82) is 0 Å². The summed E-state index contributed by atoms with van der Waals surface area (Å²) < 4.78 is 16.7. The molecule has 3 aromatic rings. The normalized spacial score (nSPS) is 15.4. The van der Waals surface area contributed by atoms with Crippen LogP contribution in [0.3, 0.4) is 0 Å². The van der Waals surface area contributed by atoms with Crippen molar-refractivity contribution in [2.45, 2.75) is 26.3 Å². The van der Waals surface area contributed by atoms with Crippen LogP contribution in [0.2, 0.25) is 0 Å². The van der Waals surface area contributed by atoms with Gasteiger partial charge in [-0.15, -0.1) is 0 Å². The van der Waals surface area contributed by atoms with Crippen molar-refractivity contribution in [3.8, 4) is 11.5 Å². The van der Waals surface area contributed by atoms with Gasteiger partial charge in [0, 0.05) is 12.6 Å². The summed E-state index contributed by atoms with van der Waals surface area (Å²) in [6.07, 6.45) is 0.795. The van der Waals surface area contributed by atoms with Crippen molar-refractivity contribution in [3.63, 3.8) is 0 Å². The minimum Gasteiger partial charge on any atom is -0.497 e. The summed E-state index contributed by atoms with van der Waals surface area (Å²) >= 11 is 0. The standard InChI is InChI=1S/C26H30N2O5/c1-5-27(6-2)13-8-14-28-23(17-9-7-10-18(15-17)31-3)22-24(29)20-12-11-19(32-4)16-21(20)33-25(22)26(28)30/h7,9-12,15-16,23H,5-6,8,13-14H2,1-4H3. The summed E-state index contributed by atoms with van der Waals surface area (Å²) in [6.45, 7) is 7.55. The van der Waals surface area contributed by atoms with Crippen LogP contribution in [0.4, 0.5) is 0 Å². The van der Waals surface area contributed by atoms with Crippen molar-refractivity contribution in [2.75, 3.05) is 40.4 Å². The maximum Gasteiger partial charge on any atom is 0.290 e. The number of hydrogen-bond donors (Lipinski definition) is 0. The first-order chi connectivity index (χ1) is 16.0. The minimum atomic E-state index is -0.526. The highest BCUT2D eigenvalue weighted by molar-refractivity contribution is 5.99. The van der Waals surface area contributed by atoms with Gasteiger partial charge in [-0.2, -0.15) is 0 Å². The fraction of sp³-hybridized carbons (Fsp3) is 0.385. The molecule has 1 aliphatic rings. The van der Waals surface area contributed by atoms with E-state index >= 15 is 0 Å². The lowest BCUT2D eigenvalue weighted by Crippen LogP contribution is -2.33. The highest BCUT2D eigenvalue weighted by atomic mass is 16.5. The minimum absolute atomic E-state index is 0.108. The number of carbonyl (C=O) groups is 1. The summed E-state index contributed by atoms with van der Waals surface area (Å²) in [4.78, 5) is 31.2. The average Bonchev–Trinajstić information content (AvgIpc) is 3.13. The first-order valence-electron chi connectivity index (χ1n) is 11.3. The van der Waals surface area contributed by atoms with Crippen molar-refractivity contribution >= 4 is 16.9 Å². The molecule has 1 aromatic heterocycles. The van der Waals surface area contributed by atoms with Crippen molar-refractivity contribution in [2.24, 2.45) is 0 Å². The first-order valence-corrected chi connectivity index (χ1v) is 11.3. The van der Waals surface area contributed by atoms with Gasteiger partial charge in [-0.25, -0.2) is 0 Å². The topological polar surface area (TPSA) is 72.2 Å². The van der Waals surface area contributed by atoms with Crippen molar-refractivity contribution < 1.29 is 18.7 Å². The summed E-state index contributed by atoms with van der Waals surface area (Å²) in [5, 5.41) is 0.431. The van der Waals surface area contributed by atoms with Gasteiger partial charge in [-0.05, 0) is 55.9 Å². The molecule has 1 unspecified atom stereocenters. The molecule has 33 heavy (non-hydrogen) atoms. The number of amides is 1. The maximum absolute atomic E-state index is 13.6. The Bertz CT molecular complexity index is 1220. The Kier molecular flexibility index (Phi) is 6.70. The van der Waals surface area contributed by atoms with E-state index in [9.17, 15) is 9.59 Å². The molecule has 0 N–H and O–H groups in total. The van der Waals surface area contributed by atoms with Gasteiger partial charge in [0.2, 0.25) is 5.76 Å². The van der Waals surface area contributed by atoms with E-state index in [4.69, 9.17) is 13.9 Å². The third-order valence-corrected chi connectivity index (χ3v) is 6.35. The van der Waals surface area contributed by atoms with E-state index in [2.05, 4.69) is 18.7 Å². The highest BCUT2D eigenvalue weighted by Crippen LogP contribution is 2.39. The van der Waals surface area contributed by atoms with Gasteiger partial charge in [-0.3, -0.25) is 9.59 Å². The van der Waals surface area contributed by atoms with Gasteiger partial charge >= 0.3 is 0 Å². The molecule has 7 nitrogen and oxygen atoms in total. The Morgan fingerprint density at radius 3 is 2.42 bits per heavy atom. The molecule has 0 saturated carbocycles. The molecule has 0 spiro atoms. The molecule has 1 aliphatic heterocycles. The molecule has 2 heterocycles. The van der Waals surface area contributed by atoms with Gasteiger partial charge in [0.05, 0.1) is 31.2 Å². The second-order valence-electron chi connectivity index (χ2n) is 8.09. The fourth-order valence-corrected chi connectivity index (χ4v) is 4.52. The second-order valence-corrected chi connectivity index (χ2v) is 8.09. The van der Waals surface area contributed by atoms with Gasteiger partial charge in [0.1, 0.15) is 17.1 Å². The smallest absolute Gasteiger partial charge is 0.290 e. The Hall–Kier alpha value is -3.32. The van der Waals surface area contributed by atoms with E-state index in [1.54, 1.807) is 37.3 Å². The highest BCUT2D eigenvalue weighted by Gasteiger charge is 2.42. The van der Waals surface area contributed by atoms with Gasteiger partial charge < -0.3 is 23.7 Å². The average molecular weight is 451 g/mol. The van der Waals surface area contributed by atoms with Crippen molar-refractivity contribution in [3.05, 3.63) is 69.6 Å². The Balaban J connectivity index is 1.81. The van der Waals surface area contributed by atoms with E-state index in [0.29, 0.717) is 34.6 Å². The van der Waals surface area contributed by atoms with E-state index in [-0.39, 0.29) is 17.1 Å². The molecule has 0 fully saturated rings. The summed E-state index contributed by atoms with van der Waals surface area (Å²) in [6, 6.07) is 12.1.